The molecule has 0 amide bonds. The summed E-state index contributed by atoms with van der Waals surface area (Å²) < 4.78 is 36.1. The van der Waals surface area contributed by atoms with Gasteiger partial charge >= 0.3 is 7.82 Å². The van der Waals surface area contributed by atoms with Gasteiger partial charge in [-0.1, -0.05) is 0 Å². The number of phosphoric acid groups is 1. The minimum absolute atomic E-state index is 0.0751. The van der Waals surface area contributed by atoms with E-state index in [-0.39, 0.29) is 11.6 Å². The van der Waals surface area contributed by atoms with Crippen LogP contribution in [0.5, 0.6) is 0 Å². The lowest BCUT2D eigenvalue weighted by molar-refractivity contribution is -0.0451. The van der Waals surface area contributed by atoms with E-state index in [1.807, 2.05) is 0 Å². The summed E-state index contributed by atoms with van der Waals surface area (Å²) in [7, 11) is -3.18. The largest absolute Gasteiger partial charge is 0.469 e. The minimum atomic E-state index is -4.78. The number of aromatic nitrogens is 4. The average molecular weight is 378 g/mol. The third-order valence-corrected chi connectivity index (χ3v) is 4.14. The van der Waals surface area contributed by atoms with Crippen LogP contribution in [0.3, 0.4) is 0 Å². The first-order valence-electron chi connectivity index (χ1n) is 7.06. The van der Waals surface area contributed by atoms with Crippen LogP contribution in [0, 0.1) is 0 Å². The number of alkyl halides is 1. The summed E-state index contributed by atoms with van der Waals surface area (Å²) in [6, 6.07) is 0. The molecule has 1 fully saturated rings. The summed E-state index contributed by atoms with van der Waals surface area (Å²) in [5.74, 6) is 0.255. The Labute approximate surface area is 140 Å². The van der Waals surface area contributed by atoms with Gasteiger partial charge in [0.1, 0.15) is 12.2 Å². The molecular weight excluding hydrogens is 362 g/mol. The first-order valence-corrected chi connectivity index (χ1v) is 8.60. The lowest BCUT2D eigenvalue weighted by Crippen LogP contribution is -2.31. The van der Waals surface area contributed by atoms with Gasteiger partial charge in [0.2, 0.25) is 5.95 Å². The number of nitrogens with one attached hydrogen (secondary N) is 1. The number of nitrogens with zero attached hydrogens (tertiary/aromatic N) is 4. The molecule has 0 spiro atoms. The number of nitrogen functional groups attached to an aromatic ring is 1. The second-order valence-corrected chi connectivity index (χ2v) is 6.53. The van der Waals surface area contributed by atoms with Crippen LogP contribution in [0.25, 0.3) is 11.2 Å². The van der Waals surface area contributed by atoms with Gasteiger partial charge in [0.25, 0.3) is 0 Å². The van der Waals surface area contributed by atoms with Crippen LogP contribution in [-0.2, 0) is 13.8 Å². The van der Waals surface area contributed by atoms with Gasteiger partial charge in [-0.25, -0.2) is 13.9 Å². The molecule has 6 N–H and O–H groups in total. The number of nitrogens with two attached hydrogens (primary N) is 1. The summed E-state index contributed by atoms with van der Waals surface area (Å²) in [4.78, 5) is 29.5. The summed E-state index contributed by atoms with van der Waals surface area (Å²) >= 11 is 0. The highest BCUT2D eigenvalue weighted by molar-refractivity contribution is 7.46. The van der Waals surface area contributed by atoms with Gasteiger partial charge in [-0.2, -0.15) is 9.97 Å². The second kappa shape index (κ2) is 6.44. The fourth-order valence-electron chi connectivity index (χ4n) is 2.53. The number of anilines is 2. The fourth-order valence-corrected chi connectivity index (χ4v) is 2.87. The Morgan fingerprint density at radius 2 is 2.24 bits per heavy atom. The predicted molar refractivity (Wildman–Crippen MR) is 82.1 cm³/mol. The molecule has 3 rings (SSSR count). The lowest BCUT2D eigenvalue weighted by Gasteiger charge is -2.16. The molecule has 0 bridgehead atoms. The number of halogens is 1. The van der Waals surface area contributed by atoms with E-state index in [4.69, 9.17) is 20.3 Å². The first kappa shape index (κ1) is 17.9. The van der Waals surface area contributed by atoms with E-state index in [1.165, 1.54) is 10.9 Å². The molecule has 0 unspecified atom stereocenters. The summed E-state index contributed by atoms with van der Waals surface area (Å²) in [5, 5.41) is 12.7. The molecule has 12 nitrogen and oxygen atoms in total. The van der Waals surface area contributed by atoms with E-state index < -0.39 is 39.0 Å². The van der Waals surface area contributed by atoms with Gasteiger partial charge in [0.05, 0.1) is 12.9 Å². The molecule has 0 radical (unpaired) electrons. The van der Waals surface area contributed by atoms with Crippen molar-refractivity contribution in [1.82, 2.24) is 19.5 Å². The van der Waals surface area contributed by atoms with Gasteiger partial charge < -0.3 is 30.7 Å². The van der Waals surface area contributed by atoms with Gasteiger partial charge in [-0.05, 0) is 0 Å². The van der Waals surface area contributed by atoms with Crippen LogP contribution in [-0.4, -0.2) is 66.4 Å². The number of aliphatic hydroxyl groups excluding tert-OH is 1. The van der Waals surface area contributed by atoms with E-state index in [9.17, 15) is 14.1 Å². The van der Waals surface area contributed by atoms with Crippen molar-refractivity contribution in [2.75, 3.05) is 24.7 Å². The molecule has 0 saturated carbocycles. The molecule has 2 aromatic rings. The maximum atomic E-state index is 14.5. The van der Waals surface area contributed by atoms with E-state index in [0.717, 1.165) is 0 Å². The molecule has 25 heavy (non-hydrogen) atoms. The third-order valence-electron chi connectivity index (χ3n) is 3.65. The zero-order valence-corrected chi connectivity index (χ0v) is 13.7. The lowest BCUT2D eigenvalue weighted by atomic mass is 10.1. The van der Waals surface area contributed by atoms with Crippen LogP contribution in [0.1, 0.15) is 6.23 Å². The molecule has 0 aliphatic carbocycles. The number of hydrogen-bond acceptors (Lipinski definition) is 9. The highest BCUT2D eigenvalue weighted by Gasteiger charge is 2.46. The Balaban J connectivity index is 1.90. The molecule has 1 aliphatic heterocycles. The minimum Gasteiger partial charge on any atom is -0.387 e. The SMILES string of the molecule is CNc1nc(N)nc2c1ncn2[C@@H]1O[C@H](COP(=O)(O)O)[C@@H](O)[C@@H]1F. The van der Waals surface area contributed by atoms with Crippen molar-refractivity contribution in [3.05, 3.63) is 6.33 Å². The van der Waals surface area contributed by atoms with Crippen LogP contribution >= 0.6 is 7.82 Å². The number of imidazole rings is 1. The van der Waals surface area contributed by atoms with Crippen LogP contribution in [0.15, 0.2) is 6.33 Å². The first-order chi connectivity index (χ1) is 11.7. The topological polar surface area (TPSA) is 178 Å². The zero-order valence-electron chi connectivity index (χ0n) is 12.9. The van der Waals surface area contributed by atoms with Crippen molar-refractivity contribution in [3.8, 4) is 0 Å². The van der Waals surface area contributed by atoms with E-state index >= 15 is 0 Å². The standard InChI is InChI=1S/C11H16FN6O6P/c1-14-8-6-9(17-11(13)16-8)18(3-15-6)10-5(12)7(19)4(24-10)2-23-25(20,21)22/h3-5,7,10,19H,2H2,1H3,(H2,20,21,22)(H3,13,14,16,17)/t4-,5+,7-,10-/m1/s1. The Kier molecular flexibility index (Phi) is 4.62. The number of hydrogen-bond donors (Lipinski definition) is 5. The van der Waals surface area contributed by atoms with Crippen molar-refractivity contribution < 1.29 is 33.1 Å². The molecular formula is C11H16FN6O6P. The second-order valence-electron chi connectivity index (χ2n) is 5.29. The highest BCUT2D eigenvalue weighted by Crippen LogP contribution is 2.39. The molecule has 14 heteroatoms. The number of rotatable bonds is 5. The molecule has 1 aliphatic rings. The number of fused-ring (bicyclic) bond motifs is 1. The van der Waals surface area contributed by atoms with E-state index in [2.05, 4.69) is 24.8 Å². The van der Waals surface area contributed by atoms with Crippen LogP contribution < -0.4 is 11.1 Å². The smallest absolute Gasteiger partial charge is 0.387 e. The van der Waals surface area contributed by atoms with Crippen molar-refractivity contribution >= 4 is 30.8 Å². The molecule has 2 aromatic heterocycles. The number of aliphatic hydroxyl groups is 1. The maximum absolute atomic E-state index is 14.5. The fraction of sp³-hybridized carbons (Fsp3) is 0.545. The maximum Gasteiger partial charge on any atom is 0.469 e. The molecule has 4 atom stereocenters. The Hall–Kier alpha value is -1.89. The summed E-state index contributed by atoms with van der Waals surface area (Å²) in [6.07, 6.45) is -4.93. The van der Waals surface area contributed by atoms with Crippen molar-refractivity contribution in [2.24, 2.45) is 0 Å². The molecule has 138 valence electrons. The van der Waals surface area contributed by atoms with Gasteiger partial charge in [0.15, 0.2) is 29.4 Å². The van der Waals surface area contributed by atoms with Crippen molar-refractivity contribution in [2.45, 2.75) is 24.6 Å². The van der Waals surface area contributed by atoms with Crippen LogP contribution in [0.2, 0.25) is 0 Å². The highest BCUT2D eigenvalue weighted by atomic mass is 31.2. The Bertz CT molecular complexity index is 829. The molecule has 3 heterocycles. The predicted octanol–water partition coefficient (Wildman–Crippen LogP) is -0.844. The summed E-state index contributed by atoms with van der Waals surface area (Å²) in [5.41, 5.74) is 6.11. The van der Waals surface area contributed by atoms with E-state index in [0.29, 0.717) is 11.3 Å². The van der Waals surface area contributed by atoms with Crippen LogP contribution in [0.4, 0.5) is 16.2 Å². The molecule has 0 aromatic carbocycles. The Morgan fingerprint density at radius 3 is 2.88 bits per heavy atom. The number of ether oxygens (including phenoxy) is 1. The van der Waals surface area contributed by atoms with Gasteiger partial charge in [0, 0.05) is 7.05 Å². The zero-order chi connectivity index (χ0) is 18.4. The van der Waals surface area contributed by atoms with E-state index in [1.54, 1.807) is 7.05 Å². The normalized spacial score (nSPS) is 27.1. The van der Waals surface area contributed by atoms with Gasteiger partial charge in [-0.15, -0.1) is 0 Å². The quantitative estimate of drug-likeness (QED) is 0.410. The number of phosphoric ester groups is 1. The average Bonchev–Trinajstić information content (AvgIpc) is 3.06. The third kappa shape index (κ3) is 3.42. The Morgan fingerprint density at radius 1 is 1.52 bits per heavy atom. The van der Waals surface area contributed by atoms with Crippen molar-refractivity contribution in [3.63, 3.8) is 0 Å². The van der Waals surface area contributed by atoms with Gasteiger partial charge in [-0.3, -0.25) is 9.09 Å². The summed E-state index contributed by atoms with van der Waals surface area (Å²) in [6.45, 7) is -0.687. The monoisotopic (exact) mass is 378 g/mol. The molecule has 1 saturated heterocycles. The van der Waals surface area contributed by atoms with Crippen molar-refractivity contribution in [1.29, 1.82) is 0 Å².